The quantitative estimate of drug-likeness (QED) is 0.544. The van der Waals surface area contributed by atoms with Gasteiger partial charge in [0.2, 0.25) is 0 Å². The summed E-state index contributed by atoms with van der Waals surface area (Å²) in [5.41, 5.74) is 0. The molecule has 0 aromatic carbocycles. The first kappa shape index (κ1) is 6.62. The molecule has 10 heavy (non-hydrogen) atoms. The van der Waals surface area contributed by atoms with Gasteiger partial charge < -0.3 is 10.6 Å². The molecule has 2 heteroatoms. The summed E-state index contributed by atoms with van der Waals surface area (Å²) < 4.78 is 0. The van der Waals surface area contributed by atoms with Gasteiger partial charge in [-0.1, -0.05) is 0 Å². The standard InChI is InChI=1S/C8H16N2/c1-9-8-3-2-6-4-10-5-7(6)8/h6-10H,2-5H2,1H3/t6-,7+,8-/m1/s1. The second-order valence-electron chi connectivity index (χ2n) is 3.55. The first-order chi connectivity index (χ1) is 4.92. The largest absolute Gasteiger partial charge is 0.317 e. The highest BCUT2D eigenvalue weighted by Crippen LogP contribution is 2.33. The lowest BCUT2D eigenvalue weighted by Crippen LogP contribution is -2.32. The van der Waals surface area contributed by atoms with Crippen molar-refractivity contribution in [1.82, 2.24) is 10.6 Å². The van der Waals surface area contributed by atoms with E-state index in [1.54, 1.807) is 0 Å². The van der Waals surface area contributed by atoms with Gasteiger partial charge in [0, 0.05) is 6.04 Å². The van der Waals surface area contributed by atoms with E-state index in [4.69, 9.17) is 0 Å². The lowest BCUT2D eigenvalue weighted by Gasteiger charge is -2.15. The van der Waals surface area contributed by atoms with Crippen LogP contribution in [0.2, 0.25) is 0 Å². The lowest BCUT2D eigenvalue weighted by atomic mass is 9.98. The fourth-order valence-corrected chi connectivity index (χ4v) is 2.51. The van der Waals surface area contributed by atoms with Gasteiger partial charge in [-0.3, -0.25) is 0 Å². The van der Waals surface area contributed by atoms with Crippen LogP contribution in [0.25, 0.3) is 0 Å². The van der Waals surface area contributed by atoms with Crippen LogP contribution < -0.4 is 10.6 Å². The Morgan fingerprint density at radius 1 is 1.30 bits per heavy atom. The Morgan fingerprint density at radius 3 is 3.00 bits per heavy atom. The Balaban J connectivity index is 2.01. The summed E-state index contributed by atoms with van der Waals surface area (Å²) in [4.78, 5) is 0. The third-order valence-electron chi connectivity index (χ3n) is 3.13. The molecular formula is C8H16N2. The van der Waals surface area contributed by atoms with Gasteiger partial charge in [0.05, 0.1) is 0 Å². The highest BCUT2D eigenvalue weighted by Gasteiger charge is 2.37. The van der Waals surface area contributed by atoms with E-state index in [1.165, 1.54) is 25.9 Å². The number of nitrogens with one attached hydrogen (secondary N) is 2. The molecule has 1 saturated carbocycles. The summed E-state index contributed by atoms with van der Waals surface area (Å²) in [6, 6.07) is 0.806. The van der Waals surface area contributed by atoms with Gasteiger partial charge in [-0.05, 0) is 44.8 Å². The number of fused-ring (bicyclic) bond motifs is 1. The Labute approximate surface area is 62.4 Å². The highest BCUT2D eigenvalue weighted by atomic mass is 15.0. The first-order valence-corrected chi connectivity index (χ1v) is 4.30. The van der Waals surface area contributed by atoms with Crippen LogP contribution in [0.5, 0.6) is 0 Å². The van der Waals surface area contributed by atoms with Crippen molar-refractivity contribution in [3.63, 3.8) is 0 Å². The van der Waals surface area contributed by atoms with Gasteiger partial charge in [-0.2, -0.15) is 0 Å². The van der Waals surface area contributed by atoms with Crippen molar-refractivity contribution in [2.24, 2.45) is 11.8 Å². The minimum atomic E-state index is 0.806. The molecular weight excluding hydrogens is 124 g/mol. The minimum absolute atomic E-state index is 0.806. The summed E-state index contributed by atoms with van der Waals surface area (Å²) in [7, 11) is 2.09. The van der Waals surface area contributed by atoms with Crippen LogP contribution in [-0.4, -0.2) is 26.2 Å². The molecule has 1 aliphatic heterocycles. The summed E-state index contributed by atoms with van der Waals surface area (Å²) in [5.74, 6) is 1.92. The van der Waals surface area contributed by atoms with Crippen LogP contribution in [0.15, 0.2) is 0 Å². The molecule has 0 spiro atoms. The minimum Gasteiger partial charge on any atom is -0.317 e. The molecule has 2 N–H and O–H groups in total. The third-order valence-corrected chi connectivity index (χ3v) is 3.13. The van der Waals surface area contributed by atoms with E-state index in [1.807, 2.05) is 0 Å². The summed E-state index contributed by atoms with van der Waals surface area (Å²) in [6.45, 7) is 2.51. The molecule has 3 atom stereocenters. The molecule has 58 valence electrons. The Morgan fingerprint density at radius 2 is 2.20 bits per heavy atom. The molecule has 2 aliphatic rings. The van der Waals surface area contributed by atoms with E-state index in [0.717, 1.165) is 17.9 Å². The summed E-state index contributed by atoms with van der Waals surface area (Å²) in [6.07, 6.45) is 2.83. The Hall–Kier alpha value is -0.0800. The fourth-order valence-electron chi connectivity index (χ4n) is 2.51. The lowest BCUT2D eigenvalue weighted by molar-refractivity contribution is 0.410. The molecule has 2 nitrogen and oxygen atoms in total. The predicted octanol–water partition coefficient (Wildman–Crippen LogP) is 0.204. The molecule has 2 fully saturated rings. The number of hydrogen-bond acceptors (Lipinski definition) is 2. The molecule has 0 amide bonds. The highest BCUT2D eigenvalue weighted by molar-refractivity contribution is 4.94. The first-order valence-electron chi connectivity index (χ1n) is 4.30. The van der Waals surface area contributed by atoms with Crippen molar-refractivity contribution in [3.05, 3.63) is 0 Å². The van der Waals surface area contributed by atoms with Crippen LogP contribution in [0.4, 0.5) is 0 Å². The maximum atomic E-state index is 3.45. The van der Waals surface area contributed by atoms with E-state index in [-0.39, 0.29) is 0 Å². The van der Waals surface area contributed by atoms with Crippen molar-refractivity contribution in [2.45, 2.75) is 18.9 Å². The average Bonchev–Trinajstić information content (AvgIpc) is 2.44. The zero-order valence-electron chi connectivity index (χ0n) is 6.56. The zero-order chi connectivity index (χ0) is 6.97. The topological polar surface area (TPSA) is 24.1 Å². The average molecular weight is 140 g/mol. The normalized spacial score (nSPS) is 45.9. The molecule has 0 aromatic rings. The molecule has 1 heterocycles. The van der Waals surface area contributed by atoms with E-state index in [2.05, 4.69) is 17.7 Å². The Bertz CT molecular complexity index is 124. The van der Waals surface area contributed by atoms with Crippen LogP contribution in [0, 0.1) is 11.8 Å². The molecule has 0 unspecified atom stereocenters. The number of hydrogen-bond donors (Lipinski definition) is 2. The van der Waals surface area contributed by atoms with Gasteiger partial charge in [0.15, 0.2) is 0 Å². The Kier molecular flexibility index (Phi) is 1.66. The molecule has 2 rings (SSSR count). The van der Waals surface area contributed by atoms with Gasteiger partial charge in [0.25, 0.3) is 0 Å². The molecule has 1 aliphatic carbocycles. The van der Waals surface area contributed by atoms with Crippen molar-refractivity contribution in [3.8, 4) is 0 Å². The van der Waals surface area contributed by atoms with Gasteiger partial charge in [-0.25, -0.2) is 0 Å². The molecule has 0 radical (unpaired) electrons. The van der Waals surface area contributed by atoms with Crippen LogP contribution >= 0.6 is 0 Å². The smallest absolute Gasteiger partial charge is 0.0108 e. The molecule has 1 saturated heterocycles. The van der Waals surface area contributed by atoms with E-state index < -0.39 is 0 Å². The van der Waals surface area contributed by atoms with Crippen LogP contribution in [0.1, 0.15) is 12.8 Å². The van der Waals surface area contributed by atoms with Gasteiger partial charge in [-0.15, -0.1) is 0 Å². The summed E-state index contributed by atoms with van der Waals surface area (Å²) >= 11 is 0. The van der Waals surface area contributed by atoms with Crippen molar-refractivity contribution in [1.29, 1.82) is 0 Å². The monoisotopic (exact) mass is 140 g/mol. The zero-order valence-corrected chi connectivity index (χ0v) is 6.56. The SMILES string of the molecule is CN[C@@H]1CC[C@@H]2CNC[C@@H]21. The van der Waals surface area contributed by atoms with Crippen molar-refractivity contribution in [2.75, 3.05) is 20.1 Å². The van der Waals surface area contributed by atoms with E-state index in [9.17, 15) is 0 Å². The van der Waals surface area contributed by atoms with Crippen LogP contribution in [-0.2, 0) is 0 Å². The predicted molar refractivity (Wildman–Crippen MR) is 41.9 cm³/mol. The van der Waals surface area contributed by atoms with Gasteiger partial charge in [0.1, 0.15) is 0 Å². The van der Waals surface area contributed by atoms with E-state index >= 15 is 0 Å². The van der Waals surface area contributed by atoms with Gasteiger partial charge >= 0.3 is 0 Å². The molecule has 0 aromatic heterocycles. The maximum Gasteiger partial charge on any atom is 0.0108 e. The summed E-state index contributed by atoms with van der Waals surface area (Å²) in [5, 5.41) is 6.84. The molecule has 0 bridgehead atoms. The van der Waals surface area contributed by atoms with Crippen molar-refractivity contribution < 1.29 is 0 Å². The second kappa shape index (κ2) is 2.51. The van der Waals surface area contributed by atoms with Crippen LogP contribution in [0.3, 0.4) is 0 Å². The van der Waals surface area contributed by atoms with E-state index in [0.29, 0.717) is 0 Å². The third kappa shape index (κ3) is 0.867. The second-order valence-corrected chi connectivity index (χ2v) is 3.55. The maximum absolute atomic E-state index is 3.45. The van der Waals surface area contributed by atoms with Crippen molar-refractivity contribution >= 4 is 0 Å². The fraction of sp³-hybridized carbons (Fsp3) is 1.00. The number of rotatable bonds is 1.